The summed E-state index contributed by atoms with van der Waals surface area (Å²) in [6, 6.07) is 0. The van der Waals surface area contributed by atoms with Gasteiger partial charge in [0.1, 0.15) is 6.29 Å². The number of aldehydes is 1. The molecule has 1 aliphatic rings. The van der Waals surface area contributed by atoms with Gasteiger partial charge in [0.05, 0.1) is 13.2 Å². The largest absolute Gasteiger partial charge is 0.380 e. The molecular formula is C17H33NO3. The molecule has 0 aliphatic heterocycles. The predicted molar refractivity (Wildman–Crippen MR) is 85.6 cm³/mol. The molecule has 0 aromatic carbocycles. The molecule has 0 N–H and O–H groups in total. The van der Waals surface area contributed by atoms with Crippen LogP contribution in [-0.4, -0.2) is 57.2 Å². The van der Waals surface area contributed by atoms with Crippen LogP contribution < -0.4 is 0 Å². The van der Waals surface area contributed by atoms with Crippen molar-refractivity contribution < 1.29 is 14.3 Å². The van der Waals surface area contributed by atoms with Gasteiger partial charge in [-0.2, -0.15) is 0 Å². The summed E-state index contributed by atoms with van der Waals surface area (Å²) in [5.41, 5.74) is -0.144. The molecule has 1 rings (SSSR count). The van der Waals surface area contributed by atoms with Gasteiger partial charge < -0.3 is 14.3 Å². The van der Waals surface area contributed by atoms with Crippen LogP contribution in [0.1, 0.15) is 52.4 Å². The summed E-state index contributed by atoms with van der Waals surface area (Å²) >= 11 is 0. The third kappa shape index (κ3) is 7.39. The van der Waals surface area contributed by atoms with Gasteiger partial charge in [0.15, 0.2) is 0 Å². The lowest BCUT2D eigenvalue weighted by atomic mass is 9.81. The molecule has 0 bridgehead atoms. The number of rotatable bonds is 11. The molecule has 0 aromatic heterocycles. The van der Waals surface area contributed by atoms with Crippen LogP contribution in [0.3, 0.4) is 0 Å². The van der Waals surface area contributed by atoms with E-state index in [2.05, 4.69) is 4.90 Å². The van der Waals surface area contributed by atoms with Gasteiger partial charge in [-0.05, 0) is 26.7 Å². The molecule has 0 radical (unpaired) electrons. The maximum atomic E-state index is 11.7. The molecule has 0 spiro atoms. The third-order valence-corrected chi connectivity index (χ3v) is 4.40. The molecule has 0 atom stereocenters. The van der Waals surface area contributed by atoms with Gasteiger partial charge in [-0.3, -0.25) is 4.90 Å². The molecule has 4 nitrogen and oxygen atoms in total. The van der Waals surface area contributed by atoms with Crippen molar-refractivity contribution in [2.24, 2.45) is 5.41 Å². The molecule has 0 heterocycles. The minimum Gasteiger partial charge on any atom is -0.380 e. The van der Waals surface area contributed by atoms with Gasteiger partial charge in [0, 0.05) is 38.3 Å². The van der Waals surface area contributed by atoms with E-state index >= 15 is 0 Å². The first-order valence-corrected chi connectivity index (χ1v) is 8.60. The first-order chi connectivity index (χ1) is 10.3. The highest BCUT2D eigenvalue weighted by molar-refractivity contribution is 5.59. The average Bonchev–Trinajstić information content (AvgIpc) is 2.74. The van der Waals surface area contributed by atoms with Gasteiger partial charge >= 0.3 is 0 Å². The highest BCUT2D eigenvalue weighted by atomic mass is 16.5. The van der Waals surface area contributed by atoms with Crippen molar-refractivity contribution in [2.75, 3.05) is 46.1 Å². The lowest BCUT2D eigenvalue weighted by Gasteiger charge is -2.33. The molecule has 0 unspecified atom stereocenters. The molecule has 1 saturated carbocycles. The van der Waals surface area contributed by atoms with Crippen LogP contribution in [-0.2, 0) is 14.3 Å². The molecule has 124 valence electrons. The number of carbonyl (C=O) groups is 1. The lowest BCUT2D eigenvalue weighted by molar-refractivity contribution is -0.118. The van der Waals surface area contributed by atoms with E-state index in [1.807, 2.05) is 13.8 Å². The van der Waals surface area contributed by atoms with E-state index < -0.39 is 0 Å². The fourth-order valence-corrected chi connectivity index (χ4v) is 3.14. The lowest BCUT2D eigenvalue weighted by Crippen LogP contribution is -2.42. The molecule has 4 heteroatoms. The molecule has 0 aromatic rings. The minimum absolute atomic E-state index is 0.144. The number of hydrogen-bond donors (Lipinski definition) is 0. The van der Waals surface area contributed by atoms with Crippen LogP contribution in [0, 0.1) is 5.41 Å². The normalized spacial score (nSPS) is 18.6. The Morgan fingerprint density at radius 2 is 1.48 bits per heavy atom. The highest BCUT2D eigenvalue weighted by Gasteiger charge is 2.32. The smallest absolute Gasteiger partial charge is 0.127 e. The van der Waals surface area contributed by atoms with E-state index in [1.165, 1.54) is 32.0 Å². The fourth-order valence-electron chi connectivity index (χ4n) is 3.14. The van der Waals surface area contributed by atoms with Crippen molar-refractivity contribution in [1.29, 1.82) is 0 Å². The second kappa shape index (κ2) is 11.2. The zero-order valence-corrected chi connectivity index (χ0v) is 13.9. The van der Waals surface area contributed by atoms with Crippen molar-refractivity contribution in [1.82, 2.24) is 4.90 Å². The Morgan fingerprint density at radius 1 is 0.952 bits per heavy atom. The zero-order valence-electron chi connectivity index (χ0n) is 13.9. The van der Waals surface area contributed by atoms with Crippen molar-refractivity contribution >= 4 is 6.29 Å². The van der Waals surface area contributed by atoms with E-state index in [0.29, 0.717) is 0 Å². The predicted octanol–water partition coefficient (Wildman–Crippen LogP) is 2.90. The quantitative estimate of drug-likeness (QED) is 0.334. The van der Waals surface area contributed by atoms with Gasteiger partial charge in [0.25, 0.3) is 0 Å². The van der Waals surface area contributed by atoms with Crippen LogP contribution in [0.25, 0.3) is 0 Å². The summed E-state index contributed by atoms with van der Waals surface area (Å²) in [6.07, 6.45) is 8.22. The molecule has 0 amide bonds. The summed E-state index contributed by atoms with van der Waals surface area (Å²) in [5, 5.41) is 0. The van der Waals surface area contributed by atoms with Gasteiger partial charge in [-0.1, -0.05) is 25.7 Å². The SMILES string of the molecule is CCOCCN(CCOCC)CC1(C=O)CCCCCC1. The summed E-state index contributed by atoms with van der Waals surface area (Å²) in [5.74, 6) is 0. The first-order valence-electron chi connectivity index (χ1n) is 8.60. The molecular weight excluding hydrogens is 266 g/mol. The minimum atomic E-state index is -0.144. The number of nitrogens with zero attached hydrogens (tertiary/aromatic N) is 1. The monoisotopic (exact) mass is 299 g/mol. The van der Waals surface area contributed by atoms with Crippen LogP contribution in [0.15, 0.2) is 0 Å². The topological polar surface area (TPSA) is 38.8 Å². The van der Waals surface area contributed by atoms with Crippen LogP contribution >= 0.6 is 0 Å². The van der Waals surface area contributed by atoms with E-state index in [-0.39, 0.29) is 5.41 Å². The summed E-state index contributed by atoms with van der Waals surface area (Å²) in [7, 11) is 0. The third-order valence-electron chi connectivity index (χ3n) is 4.40. The Balaban J connectivity index is 2.54. The van der Waals surface area contributed by atoms with Crippen molar-refractivity contribution in [3.05, 3.63) is 0 Å². The van der Waals surface area contributed by atoms with Gasteiger partial charge in [-0.25, -0.2) is 0 Å². The number of hydrogen-bond acceptors (Lipinski definition) is 4. The highest BCUT2D eigenvalue weighted by Crippen LogP contribution is 2.34. The summed E-state index contributed by atoms with van der Waals surface area (Å²) < 4.78 is 11.0. The average molecular weight is 299 g/mol. The Hall–Kier alpha value is -0.450. The Bertz CT molecular complexity index is 253. The van der Waals surface area contributed by atoms with Crippen LogP contribution in [0.5, 0.6) is 0 Å². The van der Waals surface area contributed by atoms with Crippen LogP contribution in [0.4, 0.5) is 0 Å². The molecule has 21 heavy (non-hydrogen) atoms. The maximum Gasteiger partial charge on any atom is 0.127 e. The maximum absolute atomic E-state index is 11.7. The number of carbonyl (C=O) groups excluding carboxylic acids is 1. The standard InChI is InChI=1S/C17H33NO3/c1-3-20-13-11-18(12-14-21-4-2)15-17(16-19)9-7-5-6-8-10-17/h16H,3-15H2,1-2H3. The Morgan fingerprint density at radius 3 is 1.90 bits per heavy atom. The van der Waals surface area contributed by atoms with E-state index in [0.717, 1.165) is 58.9 Å². The van der Waals surface area contributed by atoms with Crippen molar-refractivity contribution in [3.8, 4) is 0 Å². The van der Waals surface area contributed by atoms with E-state index in [1.54, 1.807) is 0 Å². The van der Waals surface area contributed by atoms with Crippen molar-refractivity contribution in [2.45, 2.75) is 52.4 Å². The van der Waals surface area contributed by atoms with E-state index in [9.17, 15) is 4.79 Å². The fraction of sp³-hybridized carbons (Fsp3) is 0.941. The molecule has 1 fully saturated rings. The van der Waals surface area contributed by atoms with Gasteiger partial charge in [-0.15, -0.1) is 0 Å². The van der Waals surface area contributed by atoms with Crippen molar-refractivity contribution in [3.63, 3.8) is 0 Å². The summed E-state index contributed by atoms with van der Waals surface area (Å²) in [6.45, 7) is 9.63. The molecule has 1 aliphatic carbocycles. The second-order valence-corrected chi connectivity index (χ2v) is 6.06. The van der Waals surface area contributed by atoms with E-state index in [4.69, 9.17) is 9.47 Å². The van der Waals surface area contributed by atoms with Crippen LogP contribution in [0.2, 0.25) is 0 Å². The molecule has 0 saturated heterocycles. The van der Waals surface area contributed by atoms with Gasteiger partial charge in [0.2, 0.25) is 0 Å². The summed E-state index contributed by atoms with van der Waals surface area (Å²) in [4.78, 5) is 14.1. The second-order valence-electron chi connectivity index (χ2n) is 6.06. The zero-order chi connectivity index (χ0) is 15.4. The Kier molecular flexibility index (Phi) is 9.89. The Labute approximate surface area is 130 Å². The number of ether oxygens (including phenoxy) is 2. The first kappa shape index (κ1) is 18.6.